The SMILES string of the molecule is CN1CCOC(CNOCC(F)(F)F)C1. The topological polar surface area (TPSA) is 33.7 Å². The monoisotopic (exact) mass is 228 g/mol. The Morgan fingerprint density at radius 2 is 2.27 bits per heavy atom. The van der Waals surface area contributed by atoms with Crippen molar-refractivity contribution >= 4 is 0 Å². The lowest BCUT2D eigenvalue weighted by atomic mass is 10.3. The first-order chi connectivity index (χ1) is 6.97. The van der Waals surface area contributed by atoms with Crippen LogP contribution in [-0.4, -0.2) is 57.1 Å². The van der Waals surface area contributed by atoms with Gasteiger partial charge in [0.2, 0.25) is 0 Å². The molecular formula is C8H15F3N2O2. The van der Waals surface area contributed by atoms with Crippen molar-refractivity contribution in [2.24, 2.45) is 0 Å². The number of morpholine rings is 1. The molecule has 0 radical (unpaired) electrons. The highest BCUT2D eigenvalue weighted by atomic mass is 19.4. The Balaban J connectivity index is 2.04. The Morgan fingerprint density at radius 1 is 1.53 bits per heavy atom. The molecule has 1 aliphatic heterocycles. The van der Waals surface area contributed by atoms with Gasteiger partial charge in [-0.25, -0.2) is 0 Å². The van der Waals surface area contributed by atoms with Crippen LogP contribution in [0.25, 0.3) is 0 Å². The summed E-state index contributed by atoms with van der Waals surface area (Å²) in [7, 11) is 1.94. The third-order valence-corrected chi connectivity index (χ3v) is 1.99. The fourth-order valence-electron chi connectivity index (χ4n) is 1.28. The van der Waals surface area contributed by atoms with E-state index in [2.05, 4.69) is 15.2 Å². The van der Waals surface area contributed by atoms with Crippen molar-refractivity contribution in [3.05, 3.63) is 0 Å². The van der Waals surface area contributed by atoms with Crippen LogP contribution in [0, 0.1) is 0 Å². The second kappa shape index (κ2) is 5.64. The number of hydroxylamine groups is 1. The van der Waals surface area contributed by atoms with E-state index < -0.39 is 12.8 Å². The van der Waals surface area contributed by atoms with Crippen molar-refractivity contribution in [2.75, 3.05) is 39.9 Å². The zero-order valence-corrected chi connectivity index (χ0v) is 8.51. The normalized spacial score (nSPS) is 24.4. The van der Waals surface area contributed by atoms with Gasteiger partial charge in [-0.3, -0.25) is 4.84 Å². The van der Waals surface area contributed by atoms with Gasteiger partial charge >= 0.3 is 6.18 Å². The van der Waals surface area contributed by atoms with Crippen LogP contribution in [0.3, 0.4) is 0 Å². The molecule has 1 N–H and O–H groups in total. The molecule has 0 saturated carbocycles. The zero-order valence-electron chi connectivity index (χ0n) is 8.51. The standard InChI is InChI=1S/C8H15F3N2O2/c1-13-2-3-14-7(5-13)4-12-15-6-8(9,10)11/h7,12H,2-6H2,1H3. The number of rotatable bonds is 4. The van der Waals surface area contributed by atoms with Gasteiger partial charge in [0, 0.05) is 19.6 Å². The molecule has 90 valence electrons. The summed E-state index contributed by atoms with van der Waals surface area (Å²) in [5.41, 5.74) is 2.26. The van der Waals surface area contributed by atoms with Crippen molar-refractivity contribution in [3.8, 4) is 0 Å². The van der Waals surface area contributed by atoms with Crippen LogP contribution < -0.4 is 5.48 Å². The number of halogens is 3. The number of nitrogens with one attached hydrogen (secondary N) is 1. The molecule has 1 fully saturated rings. The Bertz CT molecular complexity index is 189. The Kier molecular flexibility index (Phi) is 4.78. The van der Waals surface area contributed by atoms with Crippen molar-refractivity contribution in [3.63, 3.8) is 0 Å². The number of ether oxygens (including phenoxy) is 1. The van der Waals surface area contributed by atoms with Gasteiger partial charge in [-0.15, -0.1) is 0 Å². The molecule has 15 heavy (non-hydrogen) atoms. The quantitative estimate of drug-likeness (QED) is 0.558. The third-order valence-electron chi connectivity index (χ3n) is 1.99. The number of hydrogen-bond acceptors (Lipinski definition) is 4. The van der Waals surface area contributed by atoms with E-state index in [1.54, 1.807) is 0 Å². The van der Waals surface area contributed by atoms with Crippen molar-refractivity contribution in [1.82, 2.24) is 10.4 Å². The van der Waals surface area contributed by atoms with Crippen LogP contribution in [0.2, 0.25) is 0 Å². The van der Waals surface area contributed by atoms with Gasteiger partial charge in [0.1, 0.15) is 0 Å². The highest BCUT2D eigenvalue weighted by Crippen LogP contribution is 2.13. The fourth-order valence-corrected chi connectivity index (χ4v) is 1.28. The van der Waals surface area contributed by atoms with Gasteiger partial charge in [-0.2, -0.15) is 18.7 Å². The van der Waals surface area contributed by atoms with Crippen molar-refractivity contribution < 1.29 is 22.7 Å². The molecule has 0 aromatic carbocycles. The van der Waals surface area contributed by atoms with Gasteiger partial charge in [-0.1, -0.05) is 0 Å². The minimum atomic E-state index is -4.29. The lowest BCUT2D eigenvalue weighted by Gasteiger charge is -2.29. The number of hydrogen-bond donors (Lipinski definition) is 1. The molecule has 1 unspecified atom stereocenters. The summed E-state index contributed by atoms with van der Waals surface area (Å²) in [6, 6.07) is 0. The Hall–Kier alpha value is -0.370. The number of likely N-dealkylation sites (N-methyl/N-ethyl adjacent to an activating group) is 1. The predicted octanol–water partition coefficient (Wildman–Crippen LogP) is 0.400. The number of alkyl halides is 3. The fraction of sp³-hybridized carbons (Fsp3) is 1.00. The van der Waals surface area contributed by atoms with Crippen molar-refractivity contribution in [2.45, 2.75) is 12.3 Å². The van der Waals surface area contributed by atoms with E-state index in [1.807, 2.05) is 7.05 Å². The van der Waals surface area contributed by atoms with E-state index in [-0.39, 0.29) is 12.6 Å². The van der Waals surface area contributed by atoms with Crippen LogP contribution in [-0.2, 0) is 9.57 Å². The zero-order chi connectivity index (χ0) is 11.3. The first-order valence-electron chi connectivity index (χ1n) is 4.69. The van der Waals surface area contributed by atoms with Crippen LogP contribution in [0.15, 0.2) is 0 Å². The Labute approximate surface area is 86.3 Å². The summed E-state index contributed by atoms with van der Waals surface area (Å²) in [6.07, 6.45) is -4.41. The van der Waals surface area contributed by atoms with E-state index in [9.17, 15) is 13.2 Å². The third kappa shape index (κ3) is 5.93. The molecule has 0 amide bonds. The molecule has 1 atom stereocenters. The van der Waals surface area contributed by atoms with E-state index in [0.717, 1.165) is 6.54 Å². The molecule has 0 aliphatic carbocycles. The summed E-state index contributed by atoms with van der Waals surface area (Å²) in [5.74, 6) is 0. The molecule has 4 nitrogen and oxygen atoms in total. The van der Waals surface area contributed by atoms with Gasteiger partial charge in [-0.05, 0) is 7.05 Å². The first-order valence-corrected chi connectivity index (χ1v) is 4.69. The molecule has 1 rings (SSSR count). The van der Waals surface area contributed by atoms with Crippen molar-refractivity contribution in [1.29, 1.82) is 0 Å². The van der Waals surface area contributed by atoms with Gasteiger partial charge < -0.3 is 9.64 Å². The predicted molar refractivity (Wildman–Crippen MR) is 47.2 cm³/mol. The molecule has 1 aliphatic rings. The lowest BCUT2D eigenvalue weighted by molar-refractivity contribution is -0.192. The Morgan fingerprint density at radius 3 is 2.87 bits per heavy atom. The first kappa shape index (κ1) is 12.7. The second-order valence-corrected chi connectivity index (χ2v) is 3.51. The molecule has 0 spiro atoms. The molecule has 1 heterocycles. The van der Waals surface area contributed by atoms with E-state index in [1.165, 1.54) is 0 Å². The van der Waals surface area contributed by atoms with Crippen LogP contribution in [0.5, 0.6) is 0 Å². The molecule has 0 aromatic rings. The summed E-state index contributed by atoms with van der Waals surface area (Å²) in [6.45, 7) is 1.13. The minimum Gasteiger partial charge on any atom is -0.374 e. The maximum absolute atomic E-state index is 11.7. The largest absolute Gasteiger partial charge is 0.413 e. The lowest BCUT2D eigenvalue weighted by Crippen LogP contribution is -2.45. The summed E-state index contributed by atoms with van der Waals surface area (Å²) in [5, 5.41) is 0. The van der Waals surface area contributed by atoms with E-state index in [4.69, 9.17) is 4.74 Å². The van der Waals surface area contributed by atoms with Gasteiger partial charge in [0.25, 0.3) is 0 Å². The molecular weight excluding hydrogens is 213 g/mol. The molecule has 7 heteroatoms. The average Bonchev–Trinajstić information content (AvgIpc) is 2.11. The maximum atomic E-state index is 11.7. The summed E-state index contributed by atoms with van der Waals surface area (Å²) in [4.78, 5) is 6.32. The summed E-state index contributed by atoms with van der Waals surface area (Å²) >= 11 is 0. The van der Waals surface area contributed by atoms with E-state index >= 15 is 0 Å². The summed E-state index contributed by atoms with van der Waals surface area (Å²) < 4.78 is 40.4. The maximum Gasteiger partial charge on any atom is 0.413 e. The second-order valence-electron chi connectivity index (χ2n) is 3.51. The number of nitrogens with zero attached hydrogens (tertiary/aromatic N) is 1. The average molecular weight is 228 g/mol. The van der Waals surface area contributed by atoms with Gasteiger partial charge in [0.05, 0.1) is 12.7 Å². The molecule has 0 aromatic heterocycles. The van der Waals surface area contributed by atoms with Crippen LogP contribution >= 0.6 is 0 Å². The van der Waals surface area contributed by atoms with Crippen LogP contribution in [0.1, 0.15) is 0 Å². The van der Waals surface area contributed by atoms with Gasteiger partial charge in [0.15, 0.2) is 6.61 Å². The molecule has 1 saturated heterocycles. The van der Waals surface area contributed by atoms with Crippen LogP contribution in [0.4, 0.5) is 13.2 Å². The molecule has 0 bridgehead atoms. The minimum absolute atomic E-state index is 0.114. The van der Waals surface area contributed by atoms with E-state index in [0.29, 0.717) is 13.2 Å². The smallest absolute Gasteiger partial charge is 0.374 e. The highest BCUT2D eigenvalue weighted by Gasteiger charge is 2.28. The highest BCUT2D eigenvalue weighted by molar-refractivity contribution is 4.69.